The van der Waals surface area contributed by atoms with Crippen LogP contribution in [0.1, 0.15) is 78.1 Å². The largest absolute Gasteiger partial charge is 0.380 e. The molecule has 0 bridgehead atoms. The molecule has 0 nitrogen and oxygen atoms in total. The Morgan fingerprint density at radius 3 is 1.29 bits per heavy atom. The van der Waals surface area contributed by atoms with Crippen LogP contribution in [0.5, 0.6) is 0 Å². The average Bonchev–Trinajstić information content (AvgIpc) is 3.40. The first-order valence-corrected chi connectivity index (χ1v) is 14.4. The Labute approximate surface area is 211 Å². The third-order valence-corrected chi connectivity index (χ3v) is 13.0. The molecule has 3 saturated carbocycles. The fraction of sp³-hybridized carbons (Fsp3) is 0.704. The first-order valence-electron chi connectivity index (χ1n) is 12.8. The maximum atomic E-state index is 15.4. The van der Waals surface area contributed by atoms with Gasteiger partial charge >= 0.3 is 17.8 Å². The van der Waals surface area contributed by atoms with Crippen LogP contribution in [0.25, 0.3) is 0 Å². The number of allylic oxidation sites excluding steroid dienone is 6. The second kappa shape index (κ2) is 7.64. The monoisotopic (exact) mass is 532 g/mol. The smallest absolute Gasteiger partial charge is 0.194 e. The first kappa shape index (κ1) is 24.6. The zero-order chi connectivity index (χ0) is 25.0. The van der Waals surface area contributed by atoms with Crippen molar-refractivity contribution in [2.75, 3.05) is 0 Å². The maximum absolute atomic E-state index is 15.4. The molecule has 6 aliphatic rings. The van der Waals surface area contributed by atoms with E-state index in [2.05, 4.69) is 0 Å². The third-order valence-electron chi connectivity index (χ3n) is 9.38. The number of halogens is 6. The van der Waals surface area contributed by atoms with E-state index in [1.165, 1.54) is 23.5 Å². The van der Waals surface area contributed by atoms with Crippen molar-refractivity contribution in [2.45, 2.75) is 105 Å². The molecule has 192 valence electrons. The van der Waals surface area contributed by atoms with Gasteiger partial charge in [-0.15, -0.1) is 23.5 Å². The van der Waals surface area contributed by atoms with Gasteiger partial charge in [-0.25, -0.2) is 0 Å². The Morgan fingerprint density at radius 1 is 0.600 bits per heavy atom. The highest BCUT2D eigenvalue weighted by atomic mass is 32.2. The molecular formula is C27H30F6S2. The van der Waals surface area contributed by atoms with Crippen LogP contribution in [0.15, 0.2) is 44.3 Å². The topological polar surface area (TPSA) is 0 Å². The summed E-state index contributed by atoms with van der Waals surface area (Å²) in [5.74, 6) is -15.0. The fourth-order valence-electron chi connectivity index (χ4n) is 7.14. The van der Waals surface area contributed by atoms with Crippen LogP contribution in [0.2, 0.25) is 0 Å². The van der Waals surface area contributed by atoms with E-state index >= 15 is 17.6 Å². The Bertz CT molecular complexity index is 1000. The van der Waals surface area contributed by atoms with Gasteiger partial charge in [-0.3, -0.25) is 0 Å². The van der Waals surface area contributed by atoms with Gasteiger partial charge in [0.05, 0.1) is 9.49 Å². The highest BCUT2D eigenvalue weighted by Gasteiger charge is 2.84. The van der Waals surface area contributed by atoms with Crippen molar-refractivity contribution in [3.8, 4) is 0 Å². The molecule has 4 aliphatic carbocycles. The third kappa shape index (κ3) is 2.99. The normalized spacial score (nSPS) is 38.3. The Balaban J connectivity index is 1.58. The van der Waals surface area contributed by atoms with Crippen molar-refractivity contribution in [3.05, 3.63) is 44.3 Å². The van der Waals surface area contributed by atoms with Crippen molar-refractivity contribution in [1.29, 1.82) is 0 Å². The lowest BCUT2D eigenvalue weighted by atomic mass is 9.71. The molecule has 0 aromatic rings. The Kier molecular flexibility index (Phi) is 5.36. The number of fused-ring (bicyclic) bond motifs is 4. The fourth-order valence-corrected chi connectivity index (χ4v) is 10.6. The molecule has 3 fully saturated rings. The van der Waals surface area contributed by atoms with E-state index in [0.717, 1.165) is 74.0 Å². The molecule has 0 spiro atoms. The summed E-state index contributed by atoms with van der Waals surface area (Å²) in [4.78, 5) is 1.80. The van der Waals surface area contributed by atoms with Crippen LogP contribution in [0.3, 0.4) is 0 Å². The minimum absolute atomic E-state index is 0.00281. The van der Waals surface area contributed by atoms with E-state index in [0.29, 0.717) is 0 Å². The lowest BCUT2D eigenvalue weighted by molar-refractivity contribution is -0.258. The summed E-state index contributed by atoms with van der Waals surface area (Å²) < 4.78 is 89.2. The summed E-state index contributed by atoms with van der Waals surface area (Å²) in [6.45, 7) is 3.64. The molecule has 2 unspecified atom stereocenters. The van der Waals surface area contributed by atoms with Crippen LogP contribution < -0.4 is 0 Å². The lowest BCUT2D eigenvalue weighted by Crippen LogP contribution is -2.49. The van der Waals surface area contributed by atoms with Crippen molar-refractivity contribution >= 4 is 23.5 Å². The summed E-state index contributed by atoms with van der Waals surface area (Å²) in [7, 11) is 0. The summed E-state index contributed by atoms with van der Waals surface area (Å²) in [5.41, 5.74) is -2.22. The van der Waals surface area contributed by atoms with Crippen molar-refractivity contribution < 1.29 is 26.3 Å². The summed E-state index contributed by atoms with van der Waals surface area (Å²) in [6, 6.07) is 0. The van der Waals surface area contributed by atoms with Gasteiger partial charge in [0, 0.05) is 11.1 Å². The predicted octanol–water partition coefficient (Wildman–Crippen LogP) is 9.45. The highest BCUT2D eigenvalue weighted by Crippen LogP contribution is 2.75. The van der Waals surface area contributed by atoms with Gasteiger partial charge in [0.1, 0.15) is 0 Å². The second-order valence-electron chi connectivity index (χ2n) is 11.3. The number of rotatable bonds is 2. The summed E-state index contributed by atoms with van der Waals surface area (Å²) >= 11 is 2.94. The number of alkyl halides is 6. The van der Waals surface area contributed by atoms with Gasteiger partial charge in [-0.1, -0.05) is 38.5 Å². The van der Waals surface area contributed by atoms with Crippen LogP contribution in [0, 0.1) is 11.8 Å². The van der Waals surface area contributed by atoms with Gasteiger partial charge in [0.15, 0.2) is 0 Å². The van der Waals surface area contributed by atoms with E-state index < -0.39 is 38.4 Å². The molecule has 0 saturated heterocycles. The summed E-state index contributed by atoms with van der Waals surface area (Å²) in [6.07, 6.45) is 13.2. The van der Waals surface area contributed by atoms with E-state index in [4.69, 9.17) is 0 Å². The van der Waals surface area contributed by atoms with Crippen molar-refractivity contribution in [3.63, 3.8) is 0 Å². The molecular weight excluding hydrogens is 502 g/mol. The molecule has 0 radical (unpaired) electrons. The van der Waals surface area contributed by atoms with Gasteiger partial charge in [-0.2, -0.15) is 26.3 Å². The van der Waals surface area contributed by atoms with Crippen LogP contribution in [-0.4, -0.2) is 27.3 Å². The standard InChI is InChI=1S/C27H30F6S2/c1-23-17(13-19(34-23)15-9-5-3-6-10-15)21-22(26(30,31)27(32,33)25(21,28)29)18-14-20(35-24(18,23)2)16-11-7-4-8-12-16/h13-16H,3-12H2,1-2H3. The average molecular weight is 533 g/mol. The van der Waals surface area contributed by atoms with Crippen molar-refractivity contribution in [1.82, 2.24) is 0 Å². The minimum Gasteiger partial charge on any atom is -0.194 e. The number of thioether (sulfide) groups is 2. The summed E-state index contributed by atoms with van der Waals surface area (Å²) in [5, 5.41) is 0. The molecule has 35 heavy (non-hydrogen) atoms. The predicted molar refractivity (Wildman–Crippen MR) is 130 cm³/mol. The van der Waals surface area contributed by atoms with Crippen LogP contribution >= 0.6 is 23.5 Å². The van der Waals surface area contributed by atoms with E-state index in [9.17, 15) is 8.78 Å². The Hall–Kier alpha value is -0.760. The van der Waals surface area contributed by atoms with Gasteiger partial charge in [-0.05, 0) is 84.5 Å². The Morgan fingerprint density at radius 2 is 0.943 bits per heavy atom. The number of hydrogen-bond donors (Lipinski definition) is 0. The van der Waals surface area contributed by atoms with Crippen LogP contribution in [-0.2, 0) is 0 Å². The zero-order valence-electron chi connectivity index (χ0n) is 20.0. The zero-order valence-corrected chi connectivity index (χ0v) is 21.6. The van der Waals surface area contributed by atoms with Crippen molar-refractivity contribution in [2.24, 2.45) is 11.8 Å². The molecule has 2 aliphatic heterocycles. The molecule has 0 amide bonds. The quantitative estimate of drug-likeness (QED) is 0.325. The highest BCUT2D eigenvalue weighted by molar-refractivity contribution is 8.09. The molecule has 2 heterocycles. The number of hydrogen-bond acceptors (Lipinski definition) is 2. The minimum atomic E-state index is -5.46. The van der Waals surface area contributed by atoms with Crippen LogP contribution in [0.4, 0.5) is 26.3 Å². The van der Waals surface area contributed by atoms with E-state index in [-0.39, 0.29) is 23.0 Å². The molecule has 6 rings (SSSR count). The molecule has 0 aromatic carbocycles. The SMILES string of the molecule is CC12SC(C3CCCCC3)=CC1=C1C(=C3C=C(C4CCCCC4)SC32C)C(F)(F)C(F)(F)C1(F)F. The van der Waals surface area contributed by atoms with E-state index in [1.807, 2.05) is 13.8 Å². The van der Waals surface area contributed by atoms with Gasteiger partial charge < -0.3 is 0 Å². The van der Waals surface area contributed by atoms with Gasteiger partial charge in [0.25, 0.3) is 0 Å². The molecule has 8 heteroatoms. The molecule has 2 atom stereocenters. The molecule has 0 N–H and O–H groups in total. The second-order valence-corrected chi connectivity index (χ2v) is 14.3. The maximum Gasteiger partial charge on any atom is 0.380 e. The van der Waals surface area contributed by atoms with E-state index in [1.54, 1.807) is 12.2 Å². The first-order chi connectivity index (χ1) is 16.4. The lowest BCUT2D eigenvalue weighted by Gasteiger charge is -2.47. The molecule has 0 aromatic heterocycles. The van der Waals surface area contributed by atoms with Gasteiger partial charge in [0.2, 0.25) is 0 Å².